The predicted octanol–water partition coefficient (Wildman–Crippen LogP) is 4.09. The fourth-order valence-electron chi connectivity index (χ4n) is 2.83. The number of aryl methyl sites for hydroxylation is 1. The van der Waals surface area contributed by atoms with Crippen molar-refractivity contribution in [2.45, 2.75) is 45.6 Å². The summed E-state index contributed by atoms with van der Waals surface area (Å²) < 4.78 is 5.70. The van der Waals surface area contributed by atoms with Crippen LogP contribution in [0.1, 0.15) is 38.2 Å². The summed E-state index contributed by atoms with van der Waals surface area (Å²) in [6.07, 6.45) is 4.53. The molecule has 1 aliphatic carbocycles. The van der Waals surface area contributed by atoms with Gasteiger partial charge in [-0.1, -0.05) is 31.4 Å². The number of nitro benzene ring substituents is 1. The lowest BCUT2D eigenvalue weighted by Gasteiger charge is -2.28. The molecule has 0 aliphatic heterocycles. The van der Waals surface area contributed by atoms with Gasteiger partial charge in [-0.05, 0) is 37.3 Å². The zero-order valence-electron chi connectivity index (χ0n) is 13.3. The first-order valence-electron chi connectivity index (χ1n) is 7.74. The Morgan fingerprint density at radius 2 is 2.13 bits per heavy atom. The molecule has 2 rings (SSSR count). The number of hydrogen-bond donors (Lipinski definition) is 1. The smallest absolute Gasteiger partial charge is 0.289 e. The van der Waals surface area contributed by atoms with E-state index in [4.69, 9.17) is 16.3 Å². The van der Waals surface area contributed by atoms with E-state index >= 15 is 0 Å². The van der Waals surface area contributed by atoms with Crippen LogP contribution in [0.4, 0.5) is 11.4 Å². The molecular weight excluding hydrogens is 320 g/mol. The summed E-state index contributed by atoms with van der Waals surface area (Å²) in [7, 11) is 0. The number of nitro groups is 1. The highest BCUT2D eigenvalue weighted by Crippen LogP contribution is 2.31. The summed E-state index contributed by atoms with van der Waals surface area (Å²) in [5, 5.41) is 13.6. The van der Waals surface area contributed by atoms with E-state index in [0.717, 1.165) is 19.3 Å². The van der Waals surface area contributed by atoms with Gasteiger partial charge < -0.3 is 10.1 Å². The van der Waals surface area contributed by atoms with Crippen LogP contribution >= 0.6 is 11.6 Å². The highest BCUT2D eigenvalue weighted by molar-refractivity contribution is 6.32. The van der Waals surface area contributed by atoms with Crippen molar-refractivity contribution >= 4 is 28.9 Å². The van der Waals surface area contributed by atoms with E-state index in [1.54, 1.807) is 6.92 Å². The van der Waals surface area contributed by atoms with Gasteiger partial charge in [0.2, 0.25) is 5.91 Å². The van der Waals surface area contributed by atoms with Gasteiger partial charge in [-0.2, -0.15) is 0 Å². The second-order valence-electron chi connectivity index (χ2n) is 6.04. The van der Waals surface area contributed by atoms with Crippen molar-refractivity contribution in [3.8, 4) is 0 Å². The molecule has 1 saturated carbocycles. The maximum atomic E-state index is 12.0. The molecule has 7 heteroatoms. The fourth-order valence-corrected chi connectivity index (χ4v) is 3.12. The Kier molecular flexibility index (Phi) is 5.96. The van der Waals surface area contributed by atoms with Gasteiger partial charge in [0.25, 0.3) is 5.69 Å². The summed E-state index contributed by atoms with van der Waals surface area (Å²) in [4.78, 5) is 22.4. The lowest BCUT2D eigenvalue weighted by molar-refractivity contribution is -0.384. The standard InChI is InChI=1S/C16H21ClN2O4/c1-10-5-3-4-6-15(10)23-9-16(20)18-13-8-14(19(21)22)12(17)7-11(13)2/h7-8,10,15H,3-6,9H2,1-2H3,(H,18,20)/t10-,15+/m0/s1. The lowest BCUT2D eigenvalue weighted by atomic mass is 9.88. The van der Waals surface area contributed by atoms with Crippen LogP contribution < -0.4 is 5.32 Å². The minimum absolute atomic E-state index is 0.0507. The second-order valence-corrected chi connectivity index (χ2v) is 6.44. The van der Waals surface area contributed by atoms with Gasteiger partial charge in [-0.15, -0.1) is 0 Å². The number of hydrogen-bond acceptors (Lipinski definition) is 4. The minimum atomic E-state index is -0.572. The number of benzene rings is 1. The van der Waals surface area contributed by atoms with Crippen molar-refractivity contribution in [1.82, 2.24) is 0 Å². The van der Waals surface area contributed by atoms with Crippen LogP contribution in [0.3, 0.4) is 0 Å². The molecule has 0 spiro atoms. The van der Waals surface area contributed by atoms with Crippen LogP contribution in [0.25, 0.3) is 0 Å². The molecule has 1 N–H and O–H groups in total. The molecule has 23 heavy (non-hydrogen) atoms. The Morgan fingerprint density at radius 3 is 2.78 bits per heavy atom. The number of carbonyl (C=O) groups excluding carboxylic acids is 1. The third-order valence-corrected chi connectivity index (χ3v) is 4.53. The zero-order chi connectivity index (χ0) is 17.0. The summed E-state index contributed by atoms with van der Waals surface area (Å²) in [6.45, 7) is 3.81. The topological polar surface area (TPSA) is 81.5 Å². The first-order chi connectivity index (χ1) is 10.9. The van der Waals surface area contributed by atoms with Crippen molar-refractivity contribution in [3.05, 3.63) is 32.8 Å². The van der Waals surface area contributed by atoms with Crippen LogP contribution in [-0.2, 0) is 9.53 Å². The quantitative estimate of drug-likeness (QED) is 0.646. The van der Waals surface area contributed by atoms with E-state index in [2.05, 4.69) is 12.2 Å². The maximum absolute atomic E-state index is 12.0. The highest BCUT2D eigenvalue weighted by Gasteiger charge is 2.23. The van der Waals surface area contributed by atoms with Gasteiger partial charge >= 0.3 is 0 Å². The van der Waals surface area contributed by atoms with Crippen molar-refractivity contribution in [1.29, 1.82) is 0 Å². The molecule has 0 bridgehead atoms. The molecule has 2 atom stereocenters. The molecule has 1 fully saturated rings. The molecule has 0 aromatic heterocycles. The second kappa shape index (κ2) is 7.75. The van der Waals surface area contributed by atoms with E-state index in [9.17, 15) is 14.9 Å². The van der Waals surface area contributed by atoms with Gasteiger partial charge in [0.05, 0.1) is 16.7 Å². The van der Waals surface area contributed by atoms with Crippen molar-refractivity contribution in [2.24, 2.45) is 5.92 Å². The van der Waals surface area contributed by atoms with Gasteiger partial charge in [-0.3, -0.25) is 14.9 Å². The van der Waals surface area contributed by atoms with Gasteiger partial charge in [-0.25, -0.2) is 0 Å². The average Bonchev–Trinajstić information content (AvgIpc) is 2.49. The van der Waals surface area contributed by atoms with E-state index in [1.807, 2.05) is 0 Å². The number of amides is 1. The molecule has 6 nitrogen and oxygen atoms in total. The Hall–Kier alpha value is -1.66. The van der Waals surface area contributed by atoms with Crippen LogP contribution in [0, 0.1) is 23.0 Å². The SMILES string of the molecule is Cc1cc(Cl)c([N+](=O)[O-])cc1NC(=O)CO[C@@H]1CCCC[C@@H]1C. The number of nitrogens with one attached hydrogen (secondary N) is 1. The first-order valence-corrected chi connectivity index (χ1v) is 8.12. The predicted molar refractivity (Wildman–Crippen MR) is 88.8 cm³/mol. The van der Waals surface area contributed by atoms with E-state index in [0.29, 0.717) is 17.2 Å². The van der Waals surface area contributed by atoms with Crippen molar-refractivity contribution < 1.29 is 14.5 Å². The van der Waals surface area contributed by atoms with E-state index in [1.165, 1.54) is 18.6 Å². The summed E-state index contributed by atoms with van der Waals surface area (Å²) >= 11 is 5.83. The maximum Gasteiger partial charge on any atom is 0.289 e. The van der Waals surface area contributed by atoms with Gasteiger partial charge in [0, 0.05) is 6.07 Å². The number of nitrogens with zero attached hydrogens (tertiary/aromatic N) is 1. The molecule has 1 amide bonds. The molecule has 0 radical (unpaired) electrons. The van der Waals surface area contributed by atoms with E-state index < -0.39 is 4.92 Å². The van der Waals surface area contributed by atoms with Crippen LogP contribution in [0.2, 0.25) is 5.02 Å². The van der Waals surface area contributed by atoms with Crippen LogP contribution in [0.5, 0.6) is 0 Å². The number of halogens is 1. The average molecular weight is 341 g/mol. The fraction of sp³-hybridized carbons (Fsp3) is 0.562. The largest absolute Gasteiger partial charge is 0.368 e. The highest BCUT2D eigenvalue weighted by atomic mass is 35.5. The molecule has 0 heterocycles. The monoisotopic (exact) mass is 340 g/mol. The summed E-state index contributed by atoms with van der Waals surface area (Å²) in [5.41, 5.74) is 0.820. The van der Waals surface area contributed by atoms with Crippen LogP contribution in [0.15, 0.2) is 12.1 Å². The normalized spacial score (nSPS) is 21.0. The Labute approximate surface area is 140 Å². The van der Waals surface area contributed by atoms with Crippen LogP contribution in [-0.4, -0.2) is 23.5 Å². The summed E-state index contributed by atoms with van der Waals surface area (Å²) in [5.74, 6) is 0.136. The minimum Gasteiger partial charge on any atom is -0.368 e. The Balaban J connectivity index is 1.97. The molecule has 0 unspecified atom stereocenters. The number of ether oxygens (including phenoxy) is 1. The molecule has 126 valence electrons. The van der Waals surface area contributed by atoms with Crippen molar-refractivity contribution in [3.63, 3.8) is 0 Å². The Morgan fingerprint density at radius 1 is 1.43 bits per heavy atom. The number of carbonyl (C=O) groups is 1. The molecule has 0 saturated heterocycles. The molecule has 1 aliphatic rings. The van der Waals surface area contributed by atoms with Gasteiger partial charge in [0.1, 0.15) is 11.6 Å². The zero-order valence-corrected chi connectivity index (χ0v) is 14.1. The number of rotatable bonds is 5. The molecular formula is C16H21ClN2O4. The number of anilines is 1. The third-order valence-electron chi connectivity index (χ3n) is 4.23. The Bertz CT molecular complexity index is 606. The first kappa shape index (κ1) is 17.7. The molecule has 1 aromatic rings. The van der Waals surface area contributed by atoms with Gasteiger partial charge in [0.15, 0.2) is 0 Å². The summed E-state index contributed by atoms with van der Waals surface area (Å²) in [6, 6.07) is 2.75. The molecule has 1 aromatic carbocycles. The lowest BCUT2D eigenvalue weighted by Crippen LogP contribution is -2.29. The third kappa shape index (κ3) is 4.65. The van der Waals surface area contributed by atoms with Crippen molar-refractivity contribution in [2.75, 3.05) is 11.9 Å². The van der Waals surface area contributed by atoms with E-state index in [-0.39, 0.29) is 29.3 Å².